The number of epoxide rings is 1. The fourth-order valence-electron chi connectivity index (χ4n) is 2.09. The molecule has 1 rings (SSSR count). The summed E-state index contributed by atoms with van der Waals surface area (Å²) in [6.07, 6.45) is -1.10. The molecule has 0 bridgehead atoms. The van der Waals surface area contributed by atoms with Gasteiger partial charge >= 0.3 is 0 Å². The molecule has 0 radical (unpaired) electrons. The average Bonchev–Trinajstić information content (AvgIpc) is 3.11. The number of hydrogen-bond acceptors (Lipinski definition) is 5. The molecule has 22 heavy (non-hydrogen) atoms. The summed E-state index contributed by atoms with van der Waals surface area (Å²) in [6, 6.07) is 0. The van der Waals surface area contributed by atoms with Crippen LogP contribution in [0.4, 0.5) is 0 Å². The largest absolute Gasteiger partial charge is 0.411 e. The van der Waals surface area contributed by atoms with Gasteiger partial charge in [-0.15, -0.1) is 0 Å². The van der Waals surface area contributed by atoms with Gasteiger partial charge in [-0.1, -0.05) is 20.8 Å². The van der Waals surface area contributed by atoms with E-state index >= 15 is 0 Å². The molecular weight excluding hydrogens is 304 g/mol. The summed E-state index contributed by atoms with van der Waals surface area (Å²) < 4.78 is 11.6. The normalized spacial score (nSPS) is 26.5. The summed E-state index contributed by atoms with van der Waals surface area (Å²) in [4.78, 5) is 28.9. The van der Waals surface area contributed by atoms with Gasteiger partial charge in [0.2, 0.25) is 0 Å². The molecule has 128 valence electrons. The summed E-state index contributed by atoms with van der Waals surface area (Å²) in [7, 11) is 0.694. The fourth-order valence-corrected chi connectivity index (χ4v) is 3.50. The molecule has 1 saturated heterocycles. The smallest absolute Gasteiger partial charge is 0.290 e. The number of nitrogens with two attached hydrogens (primary N) is 1. The lowest BCUT2D eigenvalue weighted by Crippen LogP contribution is -2.51. The van der Waals surface area contributed by atoms with Gasteiger partial charge in [-0.3, -0.25) is 14.4 Å². The SMILES string of the molecule is CON(C)C(=O)[C@@]1(C(N)=O)O[C@H]1[C@@H](C)O[Si](C)(C)C(C)(C)C. The molecule has 0 spiro atoms. The van der Waals surface area contributed by atoms with Crippen LogP contribution in [0, 0.1) is 0 Å². The maximum Gasteiger partial charge on any atom is 0.290 e. The molecule has 0 unspecified atom stereocenters. The van der Waals surface area contributed by atoms with Gasteiger partial charge in [-0.05, 0) is 25.1 Å². The number of carbonyl (C=O) groups excluding carboxylic acids is 2. The molecule has 3 atom stereocenters. The first-order valence-corrected chi connectivity index (χ1v) is 10.2. The highest BCUT2D eigenvalue weighted by Crippen LogP contribution is 2.44. The molecule has 0 aliphatic carbocycles. The van der Waals surface area contributed by atoms with E-state index in [9.17, 15) is 9.59 Å². The maximum absolute atomic E-state index is 12.3. The zero-order chi connectivity index (χ0) is 17.5. The summed E-state index contributed by atoms with van der Waals surface area (Å²) in [5, 5.41) is 0.961. The van der Waals surface area contributed by atoms with Crippen LogP contribution in [0.2, 0.25) is 18.1 Å². The summed E-state index contributed by atoms with van der Waals surface area (Å²) in [5.74, 6) is -1.43. The van der Waals surface area contributed by atoms with Crippen molar-refractivity contribution >= 4 is 20.1 Å². The van der Waals surface area contributed by atoms with E-state index in [0.29, 0.717) is 0 Å². The van der Waals surface area contributed by atoms with E-state index in [1.807, 2.05) is 0 Å². The molecule has 1 aliphatic heterocycles. The minimum atomic E-state index is -2.05. The Kier molecular flexibility index (Phi) is 5.13. The number of primary amides is 1. The van der Waals surface area contributed by atoms with Crippen molar-refractivity contribution in [3.05, 3.63) is 0 Å². The average molecular weight is 332 g/mol. The molecule has 1 heterocycles. The van der Waals surface area contributed by atoms with Crippen molar-refractivity contribution in [3.8, 4) is 0 Å². The second-order valence-corrected chi connectivity index (χ2v) is 12.0. The van der Waals surface area contributed by atoms with Crippen molar-refractivity contribution in [1.29, 1.82) is 0 Å². The number of nitrogens with zero attached hydrogens (tertiary/aromatic N) is 1. The van der Waals surface area contributed by atoms with Crippen LogP contribution in [0.15, 0.2) is 0 Å². The second kappa shape index (κ2) is 5.92. The lowest BCUT2D eigenvalue weighted by Gasteiger charge is -2.38. The molecule has 0 aromatic carbocycles. The lowest BCUT2D eigenvalue weighted by atomic mass is 10.0. The Morgan fingerprint density at radius 2 is 1.86 bits per heavy atom. The topological polar surface area (TPSA) is 94.4 Å². The minimum Gasteiger partial charge on any atom is -0.411 e. The number of carbonyl (C=O) groups is 2. The van der Waals surface area contributed by atoms with Crippen molar-refractivity contribution in [2.45, 2.75) is 63.6 Å². The Morgan fingerprint density at radius 3 is 2.23 bits per heavy atom. The predicted molar refractivity (Wildman–Crippen MR) is 84.3 cm³/mol. The van der Waals surface area contributed by atoms with E-state index in [4.69, 9.17) is 19.7 Å². The fraction of sp³-hybridized carbons (Fsp3) is 0.857. The van der Waals surface area contributed by atoms with Crippen LogP contribution in [0.1, 0.15) is 27.7 Å². The molecule has 2 amide bonds. The van der Waals surface area contributed by atoms with Gasteiger partial charge in [-0.2, -0.15) is 0 Å². The van der Waals surface area contributed by atoms with Crippen molar-refractivity contribution in [2.75, 3.05) is 14.2 Å². The first kappa shape index (κ1) is 19.1. The molecular formula is C14H28N2O5Si. The van der Waals surface area contributed by atoms with Gasteiger partial charge in [0.25, 0.3) is 17.4 Å². The predicted octanol–water partition coefficient (Wildman–Crippen LogP) is 1.04. The van der Waals surface area contributed by atoms with Crippen LogP contribution < -0.4 is 5.73 Å². The number of likely N-dealkylation sites (N-methyl/N-ethyl adjacent to an activating group) is 1. The monoisotopic (exact) mass is 332 g/mol. The molecule has 0 aromatic rings. The van der Waals surface area contributed by atoms with E-state index in [1.54, 1.807) is 6.92 Å². The first-order chi connectivity index (χ1) is 9.81. The van der Waals surface area contributed by atoms with Crippen LogP contribution in [0.3, 0.4) is 0 Å². The maximum atomic E-state index is 12.3. The molecule has 0 saturated carbocycles. The number of hydrogen-bond donors (Lipinski definition) is 1. The zero-order valence-electron chi connectivity index (χ0n) is 14.7. The highest BCUT2D eigenvalue weighted by molar-refractivity contribution is 6.74. The third-order valence-corrected chi connectivity index (χ3v) is 9.19. The zero-order valence-corrected chi connectivity index (χ0v) is 15.7. The molecule has 1 aliphatic rings. The van der Waals surface area contributed by atoms with Gasteiger partial charge in [0.15, 0.2) is 8.32 Å². The van der Waals surface area contributed by atoms with E-state index in [-0.39, 0.29) is 5.04 Å². The third kappa shape index (κ3) is 3.19. The van der Waals surface area contributed by atoms with Gasteiger partial charge in [-0.25, -0.2) is 5.06 Å². The van der Waals surface area contributed by atoms with Gasteiger partial charge in [0.1, 0.15) is 6.10 Å². The number of rotatable bonds is 6. The minimum absolute atomic E-state index is 0.0128. The van der Waals surface area contributed by atoms with E-state index in [0.717, 1.165) is 5.06 Å². The molecule has 0 aromatic heterocycles. The Labute approximate surface area is 133 Å². The van der Waals surface area contributed by atoms with Crippen LogP contribution >= 0.6 is 0 Å². The van der Waals surface area contributed by atoms with E-state index in [2.05, 4.69) is 33.9 Å². The standard InChI is InChI=1S/C14H28N2O5Si/c1-9(21-22(7,8)13(2,3)4)10-14(20-10,11(15)17)12(18)16(5)19-6/h9-10H,1-8H3,(H2,15,17)/t9-,10+,14-/m1/s1. The Hall–Kier alpha value is -0.963. The molecule has 2 N–H and O–H groups in total. The highest BCUT2D eigenvalue weighted by Gasteiger charge is 2.71. The van der Waals surface area contributed by atoms with Crippen molar-refractivity contribution in [1.82, 2.24) is 5.06 Å². The summed E-state index contributed by atoms with van der Waals surface area (Å²) >= 11 is 0. The van der Waals surface area contributed by atoms with Gasteiger partial charge < -0.3 is 14.9 Å². The summed E-state index contributed by atoms with van der Waals surface area (Å²) in [6.45, 7) is 12.3. The summed E-state index contributed by atoms with van der Waals surface area (Å²) in [5.41, 5.74) is 3.70. The van der Waals surface area contributed by atoms with E-state index in [1.165, 1.54) is 14.2 Å². The van der Waals surface area contributed by atoms with Gasteiger partial charge in [0, 0.05) is 7.05 Å². The van der Waals surface area contributed by atoms with Crippen LogP contribution in [-0.4, -0.2) is 57.2 Å². The number of ether oxygens (including phenoxy) is 1. The molecule has 7 nitrogen and oxygen atoms in total. The van der Waals surface area contributed by atoms with E-state index < -0.39 is 37.9 Å². The first-order valence-electron chi connectivity index (χ1n) is 7.29. The van der Waals surface area contributed by atoms with Crippen LogP contribution in [-0.2, 0) is 23.6 Å². The second-order valence-electron chi connectivity index (χ2n) is 7.21. The highest BCUT2D eigenvalue weighted by atomic mass is 28.4. The van der Waals surface area contributed by atoms with Crippen molar-refractivity contribution in [2.24, 2.45) is 5.73 Å². The molecule has 1 fully saturated rings. The Balaban J connectivity index is 2.91. The molecule has 8 heteroatoms. The van der Waals surface area contributed by atoms with Crippen molar-refractivity contribution in [3.63, 3.8) is 0 Å². The van der Waals surface area contributed by atoms with Gasteiger partial charge in [0.05, 0.1) is 13.2 Å². The quantitative estimate of drug-likeness (QED) is 0.339. The Morgan fingerprint density at radius 1 is 1.36 bits per heavy atom. The van der Waals surface area contributed by atoms with Crippen LogP contribution in [0.25, 0.3) is 0 Å². The number of hydroxylamine groups is 2. The lowest BCUT2D eigenvalue weighted by molar-refractivity contribution is -0.175. The Bertz CT molecular complexity index is 463. The third-order valence-electron chi connectivity index (χ3n) is 4.61. The van der Waals surface area contributed by atoms with Crippen molar-refractivity contribution < 1.29 is 23.6 Å². The number of amides is 2. The van der Waals surface area contributed by atoms with Crippen LogP contribution in [0.5, 0.6) is 0 Å².